The molecule has 0 bridgehead atoms. The Bertz CT molecular complexity index is 375. The number of hydrogen-bond acceptors (Lipinski definition) is 3. The molecule has 2 rings (SSSR count). The van der Waals surface area contributed by atoms with Gasteiger partial charge in [-0.1, -0.05) is 19.1 Å². The topological polar surface area (TPSA) is 26.7 Å². The van der Waals surface area contributed by atoms with Gasteiger partial charge in [0.05, 0.1) is 0 Å². The highest BCUT2D eigenvalue weighted by Crippen LogP contribution is 2.29. The van der Waals surface area contributed by atoms with Gasteiger partial charge in [-0.05, 0) is 44.6 Å². The minimum atomic E-state index is 0.348. The summed E-state index contributed by atoms with van der Waals surface area (Å²) in [7, 11) is 4.32. The van der Waals surface area contributed by atoms with E-state index in [4.69, 9.17) is 0 Å². The zero-order chi connectivity index (χ0) is 13.1. The van der Waals surface area contributed by atoms with E-state index >= 15 is 0 Å². The SMILES string of the molecule is CCC(c1ccc(O)cc1)N1CCC(N(C)C)C1. The number of rotatable bonds is 4. The fourth-order valence-electron chi connectivity index (χ4n) is 2.87. The molecule has 0 saturated carbocycles. The molecule has 1 aromatic rings. The lowest BCUT2D eigenvalue weighted by molar-refractivity contribution is 0.212. The number of hydrogen-bond donors (Lipinski definition) is 1. The van der Waals surface area contributed by atoms with E-state index in [0.717, 1.165) is 13.0 Å². The van der Waals surface area contributed by atoms with Crippen LogP contribution >= 0.6 is 0 Å². The summed E-state index contributed by atoms with van der Waals surface area (Å²) in [6.07, 6.45) is 2.37. The zero-order valence-electron chi connectivity index (χ0n) is 11.6. The maximum absolute atomic E-state index is 9.37. The van der Waals surface area contributed by atoms with Gasteiger partial charge in [-0.15, -0.1) is 0 Å². The van der Waals surface area contributed by atoms with Crippen molar-refractivity contribution in [2.24, 2.45) is 0 Å². The van der Waals surface area contributed by atoms with Crippen LogP contribution in [0.5, 0.6) is 5.75 Å². The van der Waals surface area contributed by atoms with E-state index in [1.54, 1.807) is 12.1 Å². The lowest BCUT2D eigenvalue weighted by atomic mass is 10.0. The van der Waals surface area contributed by atoms with Gasteiger partial charge in [-0.3, -0.25) is 4.90 Å². The molecular formula is C15H24N2O. The monoisotopic (exact) mass is 248 g/mol. The highest BCUT2D eigenvalue weighted by molar-refractivity contribution is 5.28. The molecule has 1 heterocycles. The van der Waals surface area contributed by atoms with Gasteiger partial charge in [0.15, 0.2) is 0 Å². The maximum Gasteiger partial charge on any atom is 0.115 e. The van der Waals surface area contributed by atoms with E-state index in [2.05, 4.69) is 30.8 Å². The quantitative estimate of drug-likeness (QED) is 0.887. The second kappa shape index (κ2) is 5.72. The van der Waals surface area contributed by atoms with Crippen molar-refractivity contribution in [1.82, 2.24) is 9.80 Å². The van der Waals surface area contributed by atoms with Gasteiger partial charge in [-0.25, -0.2) is 0 Å². The Labute approximate surface area is 110 Å². The van der Waals surface area contributed by atoms with Crippen LogP contribution in [0.25, 0.3) is 0 Å². The third-order valence-electron chi connectivity index (χ3n) is 4.03. The average molecular weight is 248 g/mol. The summed E-state index contributed by atoms with van der Waals surface area (Å²) in [4.78, 5) is 4.89. The fourth-order valence-corrected chi connectivity index (χ4v) is 2.87. The molecule has 2 unspecified atom stereocenters. The number of aromatic hydroxyl groups is 1. The van der Waals surface area contributed by atoms with E-state index in [1.807, 2.05) is 12.1 Å². The number of likely N-dealkylation sites (tertiary alicyclic amines) is 1. The molecule has 1 fully saturated rings. The maximum atomic E-state index is 9.37. The van der Waals surface area contributed by atoms with Crippen molar-refractivity contribution in [2.75, 3.05) is 27.2 Å². The summed E-state index contributed by atoms with van der Waals surface area (Å²) in [6.45, 7) is 4.55. The van der Waals surface area contributed by atoms with Gasteiger partial charge in [0.2, 0.25) is 0 Å². The van der Waals surface area contributed by atoms with Gasteiger partial charge >= 0.3 is 0 Å². The molecular weight excluding hydrogens is 224 g/mol. The van der Waals surface area contributed by atoms with Gasteiger partial charge < -0.3 is 10.0 Å². The average Bonchev–Trinajstić information content (AvgIpc) is 2.82. The molecule has 1 aliphatic heterocycles. The van der Waals surface area contributed by atoms with Crippen LogP contribution in [0.2, 0.25) is 0 Å². The second-order valence-corrected chi connectivity index (χ2v) is 5.42. The summed E-state index contributed by atoms with van der Waals surface area (Å²) in [6, 6.07) is 8.83. The van der Waals surface area contributed by atoms with Crippen LogP contribution in [0.3, 0.4) is 0 Å². The van der Waals surface area contributed by atoms with Crippen molar-refractivity contribution in [1.29, 1.82) is 0 Å². The summed E-state index contributed by atoms with van der Waals surface area (Å²) < 4.78 is 0. The Balaban J connectivity index is 2.08. The highest BCUT2D eigenvalue weighted by atomic mass is 16.3. The Morgan fingerprint density at radius 2 is 2.00 bits per heavy atom. The van der Waals surface area contributed by atoms with Crippen LogP contribution in [0, 0.1) is 0 Å². The summed E-state index contributed by atoms with van der Waals surface area (Å²) in [5.41, 5.74) is 1.31. The Hall–Kier alpha value is -1.06. The van der Waals surface area contributed by atoms with Gasteiger partial charge in [-0.2, -0.15) is 0 Å². The van der Waals surface area contributed by atoms with Gasteiger partial charge in [0, 0.05) is 25.2 Å². The third kappa shape index (κ3) is 2.85. The van der Waals surface area contributed by atoms with Crippen molar-refractivity contribution in [3.8, 4) is 5.75 Å². The molecule has 2 atom stereocenters. The van der Waals surface area contributed by atoms with Crippen molar-refractivity contribution in [3.05, 3.63) is 29.8 Å². The van der Waals surface area contributed by atoms with Crippen molar-refractivity contribution in [3.63, 3.8) is 0 Å². The molecule has 1 aromatic carbocycles. The lowest BCUT2D eigenvalue weighted by Crippen LogP contribution is -2.33. The summed E-state index contributed by atoms with van der Waals surface area (Å²) >= 11 is 0. The highest BCUT2D eigenvalue weighted by Gasteiger charge is 2.29. The molecule has 0 aliphatic carbocycles. The second-order valence-electron chi connectivity index (χ2n) is 5.42. The number of likely N-dealkylation sites (N-methyl/N-ethyl adjacent to an activating group) is 1. The van der Waals surface area contributed by atoms with E-state index < -0.39 is 0 Å². The van der Waals surface area contributed by atoms with E-state index in [9.17, 15) is 5.11 Å². The Kier molecular flexibility index (Phi) is 4.25. The molecule has 1 saturated heterocycles. The molecule has 3 nitrogen and oxygen atoms in total. The first-order valence-corrected chi connectivity index (χ1v) is 6.81. The summed E-state index contributed by atoms with van der Waals surface area (Å²) in [5.74, 6) is 0.348. The van der Waals surface area contributed by atoms with E-state index in [0.29, 0.717) is 17.8 Å². The zero-order valence-corrected chi connectivity index (χ0v) is 11.6. The van der Waals surface area contributed by atoms with Crippen LogP contribution in [-0.2, 0) is 0 Å². The predicted molar refractivity (Wildman–Crippen MR) is 74.8 cm³/mol. The number of phenolic OH excluding ortho intramolecular Hbond substituents is 1. The van der Waals surface area contributed by atoms with Crippen LogP contribution in [0.4, 0.5) is 0 Å². The normalized spacial score (nSPS) is 22.6. The minimum Gasteiger partial charge on any atom is -0.508 e. The van der Waals surface area contributed by atoms with Crippen molar-refractivity contribution < 1.29 is 5.11 Å². The molecule has 1 aliphatic rings. The standard InChI is InChI=1S/C15H24N2O/c1-4-15(12-5-7-14(18)8-6-12)17-10-9-13(11-17)16(2)3/h5-8,13,15,18H,4,9-11H2,1-3H3. The van der Waals surface area contributed by atoms with Gasteiger partial charge in [0.25, 0.3) is 0 Å². The largest absolute Gasteiger partial charge is 0.508 e. The fraction of sp³-hybridized carbons (Fsp3) is 0.600. The molecule has 0 spiro atoms. The molecule has 0 amide bonds. The van der Waals surface area contributed by atoms with Gasteiger partial charge in [0.1, 0.15) is 5.75 Å². The number of phenols is 1. The number of nitrogens with zero attached hydrogens (tertiary/aromatic N) is 2. The third-order valence-corrected chi connectivity index (χ3v) is 4.03. The van der Waals surface area contributed by atoms with Crippen molar-refractivity contribution >= 4 is 0 Å². The Morgan fingerprint density at radius 1 is 1.33 bits per heavy atom. The molecule has 0 aromatic heterocycles. The first-order chi connectivity index (χ1) is 8.61. The molecule has 3 heteroatoms. The van der Waals surface area contributed by atoms with E-state index in [-0.39, 0.29) is 0 Å². The Morgan fingerprint density at radius 3 is 2.50 bits per heavy atom. The van der Waals surface area contributed by atoms with Crippen molar-refractivity contribution in [2.45, 2.75) is 31.8 Å². The van der Waals surface area contributed by atoms with Crippen LogP contribution in [-0.4, -0.2) is 48.1 Å². The molecule has 100 valence electrons. The minimum absolute atomic E-state index is 0.348. The molecule has 1 N–H and O–H groups in total. The van der Waals surface area contributed by atoms with Crippen LogP contribution < -0.4 is 0 Å². The van der Waals surface area contributed by atoms with Crippen LogP contribution in [0.15, 0.2) is 24.3 Å². The lowest BCUT2D eigenvalue weighted by Gasteiger charge is -2.28. The summed E-state index contributed by atoms with van der Waals surface area (Å²) in [5, 5.41) is 9.37. The smallest absolute Gasteiger partial charge is 0.115 e. The predicted octanol–water partition coefficient (Wildman–Crippen LogP) is 2.48. The number of benzene rings is 1. The van der Waals surface area contributed by atoms with Crippen LogP contribution in [0.1, 0.15) is 31.4 Å². The van der Waals surface area contributed by atoms with E-state index in [1.165, 1.54) is 18.5 Å². The first kappa shape index (κ1) is 13.4. The molecule has 0 radical (unpaired) electrons. The first-order valence-electron chi connectivity index (χ1n) is 6.81. The molecule has 18 heavy (non-hydrogen) atoms.